The topological polar surface area (TPSA) is 61.4 Å². The molecule has 1 aliphatic rings. The van der Waals surface area contributed by atoms with Gasteiger partial charge in [0.1, 0.15) is 0 Å². The fourth-order valence-electron chi connectivity index (χ4n) is 1.71. The predicted molar refractivity (Wildman–Crippen MR) is 62.0 cm³/mol. The molecule has 0 aromatic carbocycles. The summed E-state index contributed by atoms with van der Waals surface area (Å²) in [5.74, 6) is 0.222. The van der Waals surface area contributed by atoms with Gasteiger partial charge in [0, 0.05) is 27.1 Å². The van der Waals surface area contributed by atoms with Crippen LogP contribution in [0, 0.1) is 0 Å². The van der Waals surface area contributed by atoms with Gasteiger partial charge in [0.15, 0.2) is 0 Å². The Bertz CT molecular complexity index is 254. The normalized spacial score (nSPS) is 20.4. The van der Waals surface area contributed by atoms with E-state index in [4.69, 9.17) is 0 Å². The van der Waals surface area contributed by atoms with Crippen molar-refractivity contribution in [2.75, 3.05) is 27.2 Å². The van der Waals surface area contributed by atoms with Crippen LogP contribution in [0.3, 0.4) is 0 Å². The van der Waals surface area contributed by atoms with Crippen LogP contribution in [-0.2, 0) is 9.59 Å². The molecule has 0 aromatic heterocycles. The molecule has 0 radical (unpaired) electrons. The Labute approximate surface area is 96.6 Å². The molecule has 0 spiro atoms. The molecule has 5 heteroatoms. The third kappa shape index (κ3) is 4.18. The molecule has 2 N–H and O–H groups in total. The molecule has 0 aromatic rings. The number of carbonyl (C=O) groups excluding carboxylic acids is 2. The second kappa shape index (κ2) is 6.48. The second-order valence-electron chi connectivity index (χ2n) is 4.33. The molecule has 0 aliphatic carbocycles. The van der Waals surface area contributed by atoms with Crippen molar-refractivity contribution in [2.24, 2.45) is 0 Å². The molecule has 1 aliphatic heterocycles. The number of rotatable bonds is 5. The first-order chi connectivity index (χ1) is 7.61. The van der Waals surface area contributed by atoms with Crippen LogP contribution in [0.2, 0.25) is 0 Å². The standard InChI is InChI=1S/C11H21N3O2/c1-14(2)10(15)6-4-7-12-9-5-3-8-13-11(9)16/h9,12H,3-8H2,1-2H3,(H,13,16). The fraction of sp³-hybridized carbons (Fsp3) is 0.818. The molecule has 1 atom stereocenters. The SMILES string of the molecule is CN(C)C(=O)CCCNC1CCCNC1=O. The maximum atomic E-state index is 11.4. The summed E-state index contributed by atoms with van der Waals surface area (Å²) in [5, 5.41) is 6.01. The minimum atomic E-state index is -0.0665. The summed E-state index contributed by atoms with van der Waals surface area (Å²) in [6, 6.07) is -0.0665. The van der Waals surface area contributed by atoms with E-state index in [-0.39, 0.29) is 17.9 Å². The van der Waals surface area contributed by atoms with Crippen molar-refractivity contribution < 1.29 is 9.59 Å². The van der Waals surface area contributed by atoms with Crippen molar-refractivity contribution in [3.63, 3.8) is 0 Å². The van der Waals surface area contributed by atoms with Crippen LogP contribution in [0.25, 0.3) is 0 Å². The average Bonchev–Trinajstić information content (AvgIpc) is 2.26. The summed E-state index contributed by atoms with van der Waals surface area (Å²) in [6.07, 6.45) is 3.24. The Morgan fingerprint density at radius 2 is 2.31 bits per heavy atom. The van der Waals surface area contributed by atoms with Crippen molar-refractivity contribution in [2.45, 2.75) is 31.7 Å². The van der Waals surface area contributed by atoms with E-state index in [1.165, 1.54) is 0 Å². The number of piperidine rings is 1. The first kappa shape index (κ1) is 13.0. The Hall–Kier alpha value is -1.10. The van der Waals surface area contributed by atoms with E-state index in [1.807, 2.05) is 0 Å². The molecule has 16 heavy (non-hydrogen) atoms. The monoisotopic (exact) mass is 227 g/mol. The number of amides is 2. The highest BCUT2D eigenvalue weighted by atomic mass is 16.2. The van der Waals surface area contributed by atoms with E-state index in [2.05, 4.69) is 10.6 Å². The molecule has 1 unspecified atom stereocenters. The Kier molecular flexibility index (Phi) is 5.25. The lowest BCUT2D eigenvalue weighted by atomic mass is 10.1. The highest BCUT2D eigenvalue weighted by Crippen LogP contribution is 2.03. The molecule has 2 amide bonds. The second-order valence-corrected chi connectivity index (χ2v) is 4.33. The lowest BCUT2D eigenvalue weighted by Gasteiger charge is -2.22. The first-order valence-electron chi connectivity index (χ1n) is 5.82. The zero-order valence-corrected chi connectivity index (χ0v) is 10.1. The first-order valence-corrected chi connectivity index (χ1v) is 5.82. The van der Waals surface area contributed by atoms with Crippen molar-refractivity contribution >= 4 is 11.8 Å². The van der Waals surface area contributed by atoms with Gasteiger partial charge in [-0.3, -0.25) is 9.59 Å². The molecule has 1 fully saturated rings. The molecular weight excluding hydrogens is 206 g/mol. The maximum Gasteiger partial charge on any atom is 0.237 e. The van der Waals surface area contributed by atoms with Crippen molar-refractivity contribution in [1.29, 1.82) is 0 Å². The summed E-state index contributed by atoms with van der Waals surface area (Å²) >= 11 is 0. The number of carbonyl (C=O) groups is 2. The Balaban J connectivity index is 2.10. The highest BCUT2D eigenvalue weighted by molar-refractivity contribution is 5.82. The molecular formula is C11H21N3O2. The van der Waals surface area contributed by atoms with E-state index in [9.17, 15) is 9.59 Å². The molecule has 1 rings (SSSR count). The van der Waals surface area contributed by atoms with Crippen LogP contribution in [0.5, 0.6) is 0 Å². The van der Waals surface area contributed by atoms with E-state index in [0.717, 1.165) is 32.4 Å². The van der Waals surface area contributed by atoms with Crippen LogP contribution in [-0.4, -0.2) is 49.9 Å². The summed E-state index contributed by atoms with van der Waals surface area (Å²) in [5.41, 5.74) is 0. The third-order valence-electron chi connectivity index (χ3n) is 2.74. The van der Waals surface area contributed by atoms with Crippen LogP contribution in [0.4, 0.5) is 0 Å². The summed E-state index contributed by atoms with van der Waals surface area (Å²) in [7, 11) is 3.51. The van der Waals surface area contributed by atoms with Gasteiger partial charge in [0.05, 0.1) is 6.04 Å². The average molecular weight is 227 g/mol. The van der Waals surface area contributed by atoms with Crippen molar-refractivity contribution in [1.82, 2.24) is 15.5 Å². The van der Waals surface area contributed by atoms with E-state index in [0.29, 0.717) is 6.42 Å². The summed E-state index contributed by atoms with van der Waals surface area (Å²) < 4.78 is 0. The zero-order chi connectivity index (χ0) is 12.0. The molecule has 0 saturated carbocycles. The van der Waals surface area contributed by atoms with Gasteiger partial charge >= 0.3 is 0 Å². The summed E-state index contributed by atoms with van der Waals surface area (Å²) in [4.78, 5) is 24.2. The van der Waals surface area contributed by atoms with Gasteiger partial charge in [-0.15, -0.1) is 0 Å². The van der Waals surface area contributed by atoms with Gasteiger partial charge < -0.3 is 15.5 Å². The smallest absolute Gasteiger partial charge is 0.237 e. The van der Waals surface area contributed by atoms with Crippen molar-refractivity contribution in [3.05, 3.63) is 0 Å². The highest BCUT2D eigenvalue weighted by Gasteiger charge is 2.20. The Morgan fingerprint density at radius 3 is 2.94 bits per heavy atom. The minimum Gasteiger partial charge on any atom is -0.355 e. The van der Waals surface area contributed by atoms with Gasteiger partial charge in [-0.05, 0) is 25.8 Å². The lowest BCUT2D eigenvalue weighted by Crippen LogP contribution is -2.48. The van der Waals surface area contributed by atoms with Crippen LogP contribution >= 0.6 is 0 Å². The maximum absolute atomic E-state index is 11.4. The van der Waals surface area contributed by atoms with Gasteiger partial charge in [0.2, 0.25) is 11.8 Å². The molecule has 5 nitrogen and oxygen atoms in total. The molecule has 1 saturated heterocycles. The number of nitrogens with one attached hydrogen (secondary N) is 2. The largest absolute Gasteiger partial charge is 0.355 e. The number of hydrogen-bond donors (Lipinski definition) is 2. The zero-order valence-electron chi connectivity index (χ0n) is 10.1. The van der Waals surface area contributed by atoms with E-state index < -0.39 is 0 Å². The summed E-state index contributed by atoms with van der Waals surface area (Å²) in [6.45, 7) is 1.51. The van der Waals surface area contributed by atoms with Gasteiger partial charge in [0.25, 0.3) is 0 Å². The van der Waals surface area contributed by atoms with Crippen LogP contribution < -0.4 is 10.6 Å². The lowest BCUT2D eigenvalue weighted by molar-refractivity contribution is -0.128. The number of nitrogens with zero attached hydrogens (tertiary/aromatic N) is 1. The number of hydrogen-bond acceptors (Lipinski definition) is 3. The van der Waals surface area contributed by atoms with Crippen LogP contribution in [0.15, 0.2) is 0 Å². The van der Waals surface area contributed by atoms with Crippen LogP contribution in [0.1, 0.15) is 25.7 Å². The van der Waals surface area contributed by atoms with E-state index in [1.54, 1.807) is 19.0 Å². The predicted octanol–water partition coefficient (Wildman–Crippen LogP) is -0.277. The Morgan fingerprint density at radius 1 is 1.56 bits per heavy atom. The van der Waals surface area contributed by atoms with Gasteiger partial charge in [-0.1, -0.05) is 0 Å². The third-order valence-corrected chi connectivity index (χ3v) is 2.74. The van der Waals surface area contributed by atoms with Gasteiger partial charge in [-0.25, -0.2) is 0 Å². The minimum absolute atomic E-state index is 0.0665. The van der Waals surface area contributed by atoms with Gasteiger partial charge in [-0.2, -0.15) is 0 Å². The molecule has 92 valence electrons. The quantitative estimate of drug-likeness (QED) is 0.635. The fourth-order valence-corrected chi connectivity index (χ4v) is 1.71. The molecule has 1 heterocycles. The van der Waals surface area contributed by atoms with Crippen molar-refractivity contribution in [3.8, 4) is 0 Å². The van der Waals surface area contributed by atoms with E-state index >= 15 is 0 Å². The molecule has 0 bridgehead atoms.